The lowest BCUT2D eigenvalue weighted by atomic mass is 10.0. The number of carbonyl (C=O) groups excluding carboxylic acids is 2. The SMILES string of the molecule is CNC(=O)[C@H](Cc1ccccc1)N(Cc1cccc(Cl)c1)C(=O)CN(c1ccc(F)cc1)S(=O)(=O)c1ccc(OC)c(OC)c1. The Morgan fingerprint density at radius 1 is 0.867 bits per heavy atom. The van der Waals surface area contributed by atoms with Crippen LogP contribution < -0.4 is 19.1 Å². The summed E-state index contributed by atoms with van der Waals surface area (Å²) in [5.74, 6) is -1.23. The van der Waals surface area contributed by atoms with Gasteiger partial charge in [-0.15, -0.1) is 0 Å². The number of hydrogen-bond donors (Lipinski definition) is 1. The van der Waals surface area contributed by atoms with E-state index in [1.165, 1.54) is 56.5 Å². The molecule has 9 nitrogen and oxygen atoms in total. The smallest absolute Gasteiger partial charge is 0.264 e. The second-order valence-electron chi connectivity index (χ2n) is 9.98. The zero-order valence-corrected chi connectivity index (χ0v) is 26.5. The van der Waals surface area contributed by atoms with E-state index in [1.807, 2.05) is 30.3 Å². The third-order valence-electron chi connectivity index (χ3n) is 7.10. The summed E-state index contributed by atoms with van der Waals surface area (Å²) in [6, 6.07) is 23.8. The lowest BCUT2D eigenvalue weighted by Crippen LogP contribution is -2.53. The number of benzene rings is 4. The Hall–Kier alpha value is -4.61. The number of nitrogens with zero attached hydrogens (tertiary/aromatic N) is 2. The maximum atomic E-state index is 14.3. The van der Waals surface area contributed by atoms with Crippen molar-refractivity contribution in [3.8, 4) is 11.5 Å². The Balaban J connectivity index is 1.81. The van der Waals surface area contributed by atoms with Gasteiger partial charge >= 0.3 is 0 Å². The largest absolute Gasteiger partial charge is 0.493 e. The lowest BCUT2D eigenvalue weighted by molar-refractivity contribution is -0.139. The minimum atomic E-state index is -4.44. The molecule has 45 heavy (non-hydrogen) atoms. The van der Waals surface area contributed by atoms with Crippen LogP contribution in [0.15, 0.2) is 102 Å². The number of halogens is 2. The summed E-state index contributed by atoms with van der Waals surface area (Å²) in [6.07, 6.45) is 0.159. The predicted octanol–water partition coefficient (Wildman–Crippen LogP) is 5.08. The van der Waals surface area contributed by atoms with Gasteiger partial charge < -0.3 is 19.7 Å². The fraction of sp³-hybridized carbons (Fsp3) is 0.212. The Morgan fingerprint density at radius 3 is 2.16 bits per heavy atom. The number of anilines is 1. The Bertz CT molecular complexity index is 1740. The molecule has 0 heterocycles. The molecule has 0 radical (unpaired) electrons. The van der Waals surface area contributed by atoms with Crippen molar-refractivity contribution in [2.75, 3.05) is 32.1 Å². The van der Waals surface area contributed by atoms with E-state index in [0.29, 0.717) is 16.3 Å². The van der Waals surface area contributed by atoms with Crippen LogP contribution in [0.1, 0.15) is 11.1 Å². The fourth-order valence-electron chi connectivity index (χ4n) is 4.79. The van der Waals surface area contributed by atoms with Gasteiger partial charge in [0.1, 0.15) is 18.4 Å². The highest BCUT2D eigenvalue weighted by atomic mass is 35.5. The van der Waals surface area contributed by atoms with E-state index in [0.717, 1.165) is 22.0 Å². The summed E-state index contributed by atoms with van der Waals surface area (Å²) in [5.41, 5.74) is 1.47. The van der Waals surface area contributed by atoms with E-state index in [2.05, 4.69) is 5.32 Å². The highest BCUT2D eigenvalue weighted by Crippen LogP contribution is 2.32. The molecule has 0 fully saturated rings. The van der Waals surface area contributed by atoms with Crippen molar-refractivity contribution in [3.05, 3.63) is 119 Å². The van der Waals surface area contributed by atoms with Gasteiger partial charge in [-0.1, -0.05) is 54.1 Å². The third-order valence-corrected chi connectivity index (χ3v) is 9.10. The molecule has 12 heteroatoms. The molecule has 1 N–H and O–H groups in total. The highest BCUT2D eigenvalue weighted by Gasteiger charge is 2.34. The summed E-state index contributed by atoms with van der Waals surface area (Å²) < 4.78 is 53.7. The predicted molar refractivity (Wildman–Crippen MR) is 170 cm³/mol. The normalized spacial score (nSPS) is 11.8. The first kappa shape index (κ1) is 33.3. The standard InChI is InChI=1S/C33H33ClFN3O6S/c1-36-33(40)29(19-23-8-5-4-6-9-23)37(21-24-10-7-11-25(34)18-24)32(39)22-38(27-14-12-26(35)13-15-27)45(41,42)28-16-17-30(43-2)31(20-28)44-3/h4-18,20,29H,19,21-22H2,1-3H3,(H,36,40)/t29-/m0/s1. The number of nitrogens with one attached hydrogen (secondary N) is 1. The third kappa shape index (κ3) is 8.11. The Morgan fingerprint density at radius 2 is 1.53 bits per heavy atom. The molecule has 1 atom stereocenters. The van der Waals surface area contributed by atoms with E-state index >= 15 is 0 Å². The summed E-state index contributed by atoms with van der Waals surface area (Å²) in [5, 5.41) is 3.06. The molecule has 4 aromatic rings. The number of carbonyl (C=O) groups is 2. The van der Waals surface area contributed by atoms with Crippen LogP contribution in [-0.2, 0) is 32.6 Å². The average Bonchev–Trinajstić information content (AvgIpc) is 3.05. The van der Waals surface area contributed by atoms with Crippen LogP contribution >= 0.6 is 11.6 Å². The van der Waals surface area contributed by atoms with Gasteiger partial charge in [0.15, 0.2) is 11.5 Å². The van der Waals surface area contributed by atoms with Crippen LogP contribution in [0.4, 0.5) is 10.1 Å². The summed E-state index contributed by atoms with van der Waals surface area (Å²) in [4.78, 5) is 28.8. The number of amides is 2. The van der Waals surface area contributed by atoms with Gasteiger partial charge in [0, 0.05) is 31.1 Å². The van der Waals surface area contributed by atoms with E-state index in [9.17, 15) is 22.4 Å². The minimum Gasteiger partial charge on any atom is -0.493 e. The first-order valence-corrected chi connectivity index (χ1v) is 15.7. The maximum Gasteiger partial charge on any atom is 0.264 e. The molecule has 0 aliphatic heterocycles. The van der Waals surface area contributed by atoms with E-state index in [-0.39, 0.29) is 29.3 Å². The minimum absolute atomic E-state index is 0.0433. The molecule has 236 valence electrons. The van der Waals surface area contributed by atoms with Crippen LogP contribution in [0, 0.1) is 5.82 Å². The summed E-state index contributed by atoms with van der Waals surface area (Å²) >= 11 is 6.24. The van der Waals surface area contributed by atoms with Crippen molar-refractivity contribution >= 4 is 39.1 Å². The number of rotatable bonds is 13. The van der Waals surface area contributed by atoms with Crippen LogP contribution in [-0.4, -0.2) is 59.0 Å². The van der Waals surface area contributed by atoms with Crippen molar-refractivity contribution < 1.29 is 31.9 Å². The molecule has 0 saturated heterocycles. The topological polar surface area (TPSA) is 105 Å². The van der Waals surface area contributed by atoms with Crippen molar-refractivity contribution in [1.29, 1.82) is 0 Å². The van der Waals surface area contributed by atoms with Crippen LogP contribution in [0.2, 0.25) is 5.02 Å². The molecule has 0 aromatic heterocycles. The molecular weight excluding hydrogens is 621 g/mol. The molecule has 0 spiro atoms. The Labute approximate surface area is 267 Å². The van der Waals surface area contributed by atoms with Gasteiger partial charge in [0.05, 0.1) is 24.8 Å². The quantitative estimate of drug-likeness (QED) is 0.216. The molecule has 0 saturated carbocycles. The van der Waals surface area contributed by atoms with Gasteiger partial charge in [-0.2, -0.15) is 0 Å². The zero-order chi connectivity index (χ0) is 32.6. The fourth-order valence-corrected chi connectivity index (χ4v) is 6.44. The van der Waals surface area contributed by atoms with E-state index < -0.39 is 40.2 Å². The molecule has 0 aliphatic carbocycles. The van der Waals surface area contributed by atoms with Crippen LogP contribution in [0.25, 0.3) is 0 Å². The van der Waals surface area contributed by atoms with Gasteiger partial charge in [-0.05, 0) is 59.7 Å². The molecule has 0 aliphatic rings. The first-order chi connectivity index (χ1) is 21.6. The molecule has 4 rings (SSSR count). The monoisotopic (exact) mass is 653 g/mol. The van der Waals surface area contributed by atoms with Gasteiger partial charge in [0.2, 0.25) is 11.8 Å². The zero-order valence-electron chi connectivity index (χ0n) is 24.9. The molecule has 4 aromatic carbocycles. The maximum absolute atomic E-state index is 14.3. The molecule has 2 amide bonds. The van der Waals surface area contributed by atoms with Crippen LogP contribution in [0.3, 0.4) is 0 Å². The summed E-state index contributed by atoms with van der Waals surface area (Å²) in [7, 11) is -0.181. The van der Waals surface area contributed by atoms with Crippen LogP contribution in [0.5, 0.6) is 11.5 Å². The number of methoxy groups -OCH3 is 2. The highest BCUT2D eigenvalue weighted by molar-refractivity contribution is 7.92. The second kappa shape index (κ2) is 14.9. The number of likely N-dealkylation sites (N-methyl/N-ethyl adjacent to an activating group) is 1. The number of sulfonamides is 1. The van der Waals surface area contributed by atoms with E-state index in [1.54, 1.807) is 24.3 Å². The van der Waals surface area contributed by atoms with Gasteiger partial charge in [-0.25, -0.2) is 12.8 Å². The van der Waals surface area contributed by atoms with Gasteiger partial charge in [-0.3, -0.25) is 13.9 Å². The molecule has 0 bridgehead atoms. The molecular formula is C33H33ClFN3O6S. The second-order valence-corrected chi connectivity index (χ2v) is 12.3. The van der Waals surface area contributed by atoms with Crippen molar-refractivity contribution in [2.45, 2.75) is 23.9 Å². The van der Waals surface area contributed by atoms with Crippen molar-refractivity contribution in [3.63, 3.8) is 0 Å². The van der Waals surface area contributed by atoms with Crippen molar-refractivity contribution in [2.24, 2.45) is 0 Å². The lowest BCUT2D eigenvalue weighted by Gasteiger charge is -2.33. The van der Waals surface area contributed by atoms with E-state index in [4.69, 9.17) is 21.1 Å². The number of ether oxygens (including phenoxy) is 2. The average molecular weight is 654 g/mol. The van der Waals surface area contributed by atoms with Crippen molar-refractivity contribution in [1.82, 2.24) is 10.2 Å². The first-order valence-electron chi connectivity index (χ1n) is 13.9. The number of hydrogen-bond acceptors (Lipinski definition) is 6. The molecule has 0 unspecified atom stereocenters. The Kier molecular flexibility index (Phi) is 11.0. The summed E-state index contributed by atoms with van der Waals surface area (Å²) in [6.45, 7) is -0.747. The van der Waals surface area contributed by atoms with Gasteiger partial charge in [0.25, 0.3) is 10.0 Å².